The van der Waals surface area contributed by atoms with Gasteiger partial charge in [0.15, 0.2) is 0 Å². The predicted molar refractivity (Wildman–Crippen MR) is 102 cm³/mol. The first-order valence-corrected chi connectivity index (χ1v) is 7.95. The molecule has 0 fully saturated rings. The Morgan fingerprint density at radius 1 is 1.04 bits per heavy atom. The molecule has 5 nitrogen and oxygen atoms in total. The zero-order valence-corrected chi connectivity index (χ0v) is 15.4. The minimum atomic E-state index is -0.0871. The number of carbonyl (C=O) groups is 1. The van der Waals surface area contributed by atoms with Gasteiger partial charge in [-0.1, -0.05) is 30.3 Å². The van der Waals surface area contributed by atoms with E-state index < -0.39 is 0 Å². The van der Waals surface area contributed by atoms with E-state index >= 15 is 0 Å². The van der Waals surface area contributed by atoms with Crippen molar-refractivity contribution in [2.45, 2.75) is 6.42 Å². The molecule has 0 saturated heterocycles. The van der Waals surface area contributed by atoms with Gasteiger partial charge in [0.1, 0.15) is 11.5 Å². The fraction of sp³-hybridized carbons (Fsp3) is 0.316. The van der Waals surface area contributed by atoms with Crippen LogP contribution in [0.25, 0.3) is 0 Å². The van der Waals surface area contributed by atoms with Crippen LogP contribution in [0.2, 0.25) is 0 Å². The lowest BCUT2D eigenvalue weighted by Crippen LogP contribution is -2.37. The first kappa shape index (κ1) is 20.8. The van der Waals surface area contributed by atoms with Crippen molar-refractivity contribution >= 4 is 18.3 Å². The molecule has 0 radical (unpaired) electrons. The van der Waals surface area contributed by atoms with E-state index in [1.807, 2.05) is 18.2 Å². The van der Waals surface area contributed by atoms with E-state index in [9.17, 15) is 4.79 Å². The zero-order chi connectivity index (χ0) is 17.4. The minimum absolute atomic E-state index is 0. The smallest absolute Gasteiger partial charge is 0.257 e. The average Bonchev–Trinajstić information content (AvgIpc) is 2.64. The summed E-state index contributed by atoms with van der Waals surface area (Å²) < 4.78 is 10.5. The highest BCUT2D eigenvalue weighted by Gasteiger charge is 2.19. The summed E-state index contributed by atoms with van der Waals surface area (Å²) in [5, 5.41) is 0. The number of benzene rings is 2. The summed E-state index contributed by atoms with van der Waals surface area (Å²) in [6.45, 7) is 1.52. The Morgan fingerprint density at radius 2 is 1.76 bits per heavy atom. The molecule has 0 saturated carbocycles. The van der Waals surface area contributed by atoms with Crippen LogP contribution in [0.1, 0.15) is 15.9 Å². The summed E-state index contributed by atoms with van der Waals surface area (Å²) in [5.74, 6) is 1.06. The Morgan fingerprint density at radius 3 is 2.36 bits per heavy atom. The normalized spacial score (nSPS) is 9.88. The molecule has 6 heteroatoms. The molecular formula is C19H25ClN2O3. The van der Waals surface area contributed by atoms with Crippen LogP contribution in [0.3, 0.4) is 0 Å². The van der Waals surface area contributed by atoms with E-state index in [-0.39, 0.29) is 18.3 Å². The third-order valence-corrected chi connectivity index (χ3v) is 3.84. The maximum Gasteiger partial charge on any atom is 0.257 e. The van der Waals surface area contributed by atoms with Crippen LogP contribution in [0, 0.1) is 0 Å². The molecule has 0 aromatic heterocycles. The molecule has 25 heavy (non-hydrogen) atoms. The van der Waals surface area contributed by atoms with E-state index in [0.717, 1.165) is 6.42 Å². The highest BCUT2D eigenvalue weighted by Crippen LogP contribution is 2.25. The number of halogens is 1. The van der Waals surface area contributed by atoms with Crippen molar-refractivity contribution in [1.82, 2.24) is 4.90 Å². The molecule has 1 amide bonds. The molecule has 136 valence electrons. The Balaban J connectivity index is 0.00000312. The quantitative estimate of drug-likeness (QED) is 0.782. The third-order valence-electron chi connectivity index (χ3n) is 3.84. The van der Waals surface area contributed by atoms with Gasteiger partial charge in [0.25, 0.3) is 5.91 Å². The Kier molecular flexibility index (Phi) is 8.81. The first-order chi connectivity index (χ1) is 11.7. The lowest BCUT2D eigenvalue weighted by Gasteiger charge is -2.23. The molecule has 0 unspecified atom stereocenters. The van der Waals surface area contributed by atoms with Crippen LogP contribution in [-0.2, 0) is 6.42 Å². The molecule has 2 N–H and O–H groups in total. The number of methoxy groups -OCH3 is 2. The standard InChI is InChI=1S/C19H24N2O3.ClH/c1-23-16-8-9-17(18(14-16)24-2)19(22)21(13-11-20)12-10-15-6-4-3-5-7-15;/h3-9,14H,10-13,20H2,1-2H3;1H. The zero-order valence-electron chi connectivity index (χ0n) is 14.6. The van der Waals surface area contributed by atoms with Crippen LogP contribution in [0.15, 0.2) is 48.5 Å². The summed E-state index contributed by atoms with van der Waals surface area (Å²) >= 11 is 0. The molecule has 0 atom stereocenters. The summed E-state index contributed by atoms with van der Waals surface area (Å²) in [5.41, 5.74) is 7.39. The van der Waals surface area contributed by atoms with E-state index in [1.54, 1.807) is 37.3 Å². The van der Waals surface area contributed by atoms with Gasteiger partial charge in [-0.3, -0.25) is 4.79 Å². The molecule has 0 aliphatic carbocycles. The van der Waals surface area contributed by atoms with E-state index in [2.05, 4.69) is 12.1 Å². The molecule has 2 rings (SSSR count). The second kappa shape index (κ2) is 10.6. The van der Waals surface area contributed by atoms with E-state index in [4.69, 9.17) is 15.2 Å². The second-order valence-corrected chi connectivity index (χ2v) is 5.38. The number of hydrogen-bond acceptors (Lipinski definition) is 4. The van der Waals surface area contributed by atoms with Crippen LogP contribution in [-0.4, -0.2) is 44.7 Å². The third kappa shape index (κ3) is 5.66. The van der Waals surface area contributed by atoms with Gasteiger partial charge in [-0.2, -0.15) is 0 Å². The van der Waals surface area contributed by atoms with Gasteiger partial charge >= 0.3 is 0 Å². The maximum absolute atomic E-state index is 12.9. The largest absolute Gasteiger partial charge is 0.497 e. The van der Waals surface area contributed by atoms with Crippen molar-refractivity contribution in [3.05, 3.63) is 59.7 Å². The summed E-state index contributed by atoms with van der Waals surface area (Å²) in [7, 11) is 3.12. The summed E-state index contributed by atoms with van der Waals surface area (Å²) in [6.07, 6.45) is 0.783. The monoisotopic (exact) mass is 364 g/mol. The number of rotatable bonds is 8. The van der Waals surface area contributed by atoms with Gasteiger partial charge < -0.3 is 20.1 Å². The second-order valence-electron chi connectivity index (χ2n) is 5.38. The van der Waals surface area contributed by atoms with Gasteiger partial charge in [0.2, 0.25) is 0 Å². The molecule has 0 heterocycles. The molecule has 0 aliphatic heterocycles. The fourth-order valence-electron chi connectivity index (χ4n) is 2.53. The van der Waals surface area contributed by atoms with E-state index in [1.165, 1.54) is 5.56 Å². The summed E-state index contributed by atoms with van der Waals surface area (Å²) in [4.78, 5) is 14.6. The number of amides is 1. The highest BCUT2D eigenvalue weighted by molar-refractivity contribution is 5.97. The summed E-state index contributed by atoms with van der Waals surface area (Å²) in [6, 6.07) is 15.3. The number of ether oxygens (including phenoxy) is 2. The van der Waals surface area contributed by atoms with E-state index in [0.29, 0.717) is 36.7 Å². The minimum Gasteiger partial charge on any atom is -0.497 e. The van der Waals surface area contributed by atoms with Crippen LogP contribution in [0.4, 0.5) is 0 Å². The predicted octanol–water partition coefficient (Wildman–Crippen LogP) is 2.77. The Labute approximate surface area is 155 Å². The number of nitrogens with two attached hydrogens (primary N) is 1. The van der Waals surface area contributed by atoms with Crippen molar-refractivity contribution in [2.24, 2.45) is 5.73 Å². The van der Waals surface area contributed by atoms with Gasteiger partial charge in [-0.25, -0.2) is 0 Å². The lowest BCUT2D eigenvalue weighted by atomic mass is 10.1. The molecular weight excluding hydrogens is 340 g/mol. The average molecular weight is 365 g/mol. The lowest BCUT2D eigenvalue weighted by molar-refractivity contribution is 0.0758. The molecule has 0 bridgehead atoms. The van der Waals surface area contributed by atoms with Crippen molar-refractivity contribution in [3.63, 3.8) is 0 Å². The molecule has 2 aromatic rings. The van der Waals surface area contributed by atoms with Crippen molar-refractivity contribution in [3.8, 4) is 11.5 Å². The van der Waals surface area contributed by atoms with Crippen molar-refractivity contribution in [2.75, 3.05) is 33.9 Å². The molecule has 2 aromatic carbocycles. The van der Waals surface area contributed by atoms with Crippen LogP contribution < -0.4 is 15.2 Å². The van der Waals surface area contributed by atoms with Crippen molar-refractivity contribution in [1.29, 1.82) is 0 Å². The first-order valence-electron chi connectivity index (χ1n) is 7.95. The number of hydrogen-bond donors (Lipinski definition) is 1. The highest BCUT2D eigenvalue weighted by atomic mass is 35.5. The van der Waals surface area contributed by atoms with Crippen molar-refractivity contribution < 1.29 is 14.3 Å². The van der Waals surface area contributed by atoms with Crippen LogP contribution >= 0.6 is 12.4 Å². The Bertz CT molecular complexity index is 665. The molecule has 0 aliphatic rings. The molecule has 0 spiro atoms. The SMILES string of the molecule is COc1ccc(C(=O)N(CCN)CCc2ccccc2)c(OC)c1.Cl. The topological polar surface area (TPSA) is 64.8 Å². The van der Waals surface area contributed by atoms with Gasteiger partial charge in [0.05, 0.1) is 19.8 Å². The fourth-order valence-corrected chi connectivity index (χ4v) is 2.53. The van der Waals surface area contributed by atoms with Gasteiger partial charge in [0, 0.05) is 25.7 Å². The van der Waals surface area contributed by atoms with Gasteiger partial charge in [-0.15, -0.1) is 12.4 Å². The van der Waals surface area contributed by atoms with Crippen LogP contribution in [0.5, 0.6) is 11.5 Å². The van der Waals surface area contributed by atoms with Gasteiger partial charge in [-0.05, 0) is 24.1 Å². The number of carbonyl (C=O) groups excluding carboxylic acids is 1. The Hall–Kier alpha value is -2.24. The number of nitrogens with zero attached hydrogens (tertiary/aromatic N) is 1. The maximum atomic E-state index is 12.9.